The number of nitrogens with zero attached hydrogens (tertiary/aromatic N) is 1. The number of guanidine groups is 1. The number of benzene rings is 1. The average Bonchev–Trinajstić information content (AvgIpc) is 3.17. The van der Waals surface area contributed by atoms with E-state index in [2.05, 4.69) is 16.8 Å². The Morgan fingerprint density at radius 1 is 1.02 bits per heavy atom. The highest BCUT2D eigenvalue weighted by molar-refractivity contribution is 5.88. The maximum Gasteiger partial charge on any atom is 0.330 e. The standard InChI is InChI=1S/C29H43FN4O6/c30-23-10-6-5-8-19(23)13-14-20(35)15-16-22-21(25(36)18-26(22)37)9-3-1-2-4-12-27(38)40-28(39)24(31)11-7-17-34-29(32)33/h5-6,8,10,20-22,24-26,35-37H,1-4,7,9,11-12,15-18,31H2,(H4,32,33,34)/t20?,21?,22?,24-,25?,26?/m0/s1. The summed E-state index contributed by atoms with van der Waals surface area (Å²) in [5, 5.41) is 31.2. The molecular weight excluding hydrogens is 519 g/mol. The molecule has 0 amide bonds. The zero-order valence-corrected chi connectivity index (χ0v) is 22.9. The van der Waals surface area contributed by atoms with E-state index in [0.717, 1.165) is 19.3 Å². The van der Waals surface area contributed by atoms with Crippen molar-refractivity contribution in [3.05, 3.63) is 35.6 Å². The maximum atomic E-state index is 13.7. The van der Waals surface area contributed by atoms with Gasteiger partial charge in [0.1, 0.15) is 18.0 Å². The van der Waals surface area contributed by atoms with E-state index in [0.29, 0.717) is 51.5 Å². The summed E-state index contributed by atoms with van der Waals surface area (Å²) in [5.74, 6) is 3.18. The van der Waals surface area contributed by atoms with Crippen molar-refractivity contribution >= 4 is 17.9 Å². The van der Waals surface area contributed by atoms with Crippen LogP contribution in [0.4, 0.5) is 4.39 Å². The second kappa shape index (κ2) is 17.6. The molecule has 1 aliphatic rings. The van der Waals surface area contributed by atoms with Gasteiger partial charge in [0.15, 0.2) is 5.96 Å². The van der Waals surface area contributed by atoms with Crippen LogP contribution in [-0.4, -0.2) is 64.1 Å². The lowest BCUT2D eigenvalue weighted by atomic mass is 9.85. The normalized spacial score (nSPS) is 21.6. The molecule has 0 bridgehead atoms. The van der Waals surface area contributed by atoms with Gasteiger partial charge in [0.25, 0.3) is 0 Å². The fourth-order valence-electron chi connectivity index (χ4n) is 5.01. The molecule has 0 aliphatic heterocycles. The molecule has 11 heteroatoms. The molecule has 1 aliphatic carbocycles. The summed E-state index contributed by atoms with van der Waals surface area (Å²) >= 11 is 0. The smallest absolute Gasteiger partial charge is 0.330 e. The van der Waals surface area contributed by atoms with Gasteiger partial charge in [-0.2, -0.15) is 0 Å². The average molecular weight is 563 g/mol. The first-order valence-corrected chi connectivity index (χ1v) is 13.9. The number of aliphatic hydroxyl groups is 3. The van der Waals surface area contributed by atoms with Crippen molar-refractivity contribution < 1.29 is 34.0 Å². The molecule has 40 heavy (non-hydrogen) atoms. The van der Waals surface area contributed by atoms with Crippen LogP contribution in [0.15, 0.2) is 29.3 Å². The number of aliphatic imine (C=N–C) groups is 1. The van der Waals surface area contributed by atoms with Crippen molar-refractivity contribution in [1.82, 2.24) is 0 Å². The molecule has 0 saturated heterocycles. The predicted octanol–water partition coefficient (Wildman–Crippen LogP) is 1.47. The number of esters is 2. The number of halogens is 1. The Morgan fingerprint density at radius 3 is 2.40 bits per heavy atom. The zero-order chi connectivity index (χ0) is 29.5. The first-order valence-electron chi connectivity index (χ1n) is 13.9. The lowest BCUT2D eigenvalue weighted by molar-refractivity contribution is -0.160. The van der Waals surface area contributed by atoms with Crippen molar-refractivity contribution in [2.45, 2.75) is 95.0 Å². The molecule has 0 spiro atoms. The van der Waals surface area contributed by atoms with Gasteiger partial charge in [-0.1, -0.05) is 43.2 Å². The minimum Gasteiger partial charge on any atom is -0.393 e. The van der Waals surface area contributed by atoms with Crippen LogP contribution in [0.25, 0.3) is 0 Å². The number of carbonyl (C=O) groups excluding carboxylic acids is 2. The molecule has 1 fully saturated rings. The van der Waals surface area contributed by atoms with E-state index < -0.39 is 42.1 Å². The van der Waals surface area contributed by atoms with Gasteiger partial charge in [-0.25, -0.2) is 9.18 Å². The highest BCUT2D eigenvalue weighted by Gasteiger charge is 2.40. The van der Waals surface area contributed by atoms with E-state index in [9.17, 15) is 29.3 Å². The third-order valence-corrected chi connectivity index (χ3v) is 7.20. The van der Waals surface area contributed by atoms with Crippen LogP contribution in [0.5, 0.6) is 0 Å². The predicted molar refractivity (Wildman–Crippen MR) is 149 cm³/mol. The summed E-state index contributed by atoms with van der Waals surface area (Å²) in [6, 6.07) is 5.17. The second-order valence-electron chi connectivity index (χ2n) is 10.3. The molecule has 9 N–H and O–H groups in total. The SMILES string of the molecule is NC(N)=NCCC[C@H](N)C(=O)OC(=O)CCCCCCC1C(O)CC(O)C1CCC(O)C#Cc1ccccc1F. The molecule has 222 valence electrons. The van der Waals surface area contributed by atoms with Gasteiger partial charge in [0.05, 0.1) is 17.8 Å². The van der Waals surface area contributed by atoms with Crippen LogP contribution in [0.1, 0.15) is 76.2 Å². The number of rotatable bonds is 15. The van der Waals surface area contributed by atoms with E-state index in [1.807, 2.05) is 0 Å². The van der Waals surface area contributed by atoms with Crippen molar-refractivity contribution in [3.8, 4) is 11.8 Å². The van der Waals surface area contributed by atoms with E-state index >= 15 is 0 Å². The van der Waals surface area contributed by atoms with Crippen molar-refractivity contribution in [2.24, 2.45) is 34.0 Å². The highest BCUT2D eigenvalue weighted by Crippen LogP contribution is 2.39. The number of aliphatic hydroxyl groups excluding tert-OH is 3. The molecule has 10 nitrogen and oxygen atoms in total. The molecule has 0 radical (unpaired) electrons. The van der Waals surface area contributed by atoms with Gasteiger partial charge >= 0.3 is 11.9 Å². The Balaban J connectivity index is 1.65. The van der Waals surface area contributed by atoms with Crippen LogP contribution in [0.3, 0.4) is 0 Å². The fourth-order valence-corrected chi connectivity index (χ4v) is 5.01. The highest BCUT2D eigenvalue weighted by atomic mass is 19.1. The van der Waals surface area contributed by atoms with Crippen LogP contribution < -0.4 is 17.2 Å². The minimum atomic E-state index is -0.962. The summed E-state index contributed by atoms with van der Waals surface area (Å²) in [6.07, 6.45) is 3.37. The number of unbranched alkanes of at least 4 members (excludes halogenated alkanes) is 3. The molecule has 1 aromatic rings. The summed E-state index contributed by atoms with van der Waals surface area (Å²) in [7, 11) is 0. The summed E-state index contributed by atoms with van der Waals surface area (Å²) in [6.45, 7) is 0.336. The fraction of sp³-hybridized carbons (Fsp3) is 0.621. The first-order chi connectivity index (χ1) is 19.1. The molecule has 5 unspecified atom stereocenters. The monoisotopic (exact) mass is 562 g/mol. The Labute approximate surface area is 235 Å². The molecule has 0 aromatic heterocycles. The van der Waals surface area contributed by atoms with E-state index in [-0.39, 0.29) is 29.8 Å². The van der Waals surface area contributed by atoms with Crippen molar-refractivity contribution in [2.75, 3.05) is 6.54 Å². The molecular formula is C29H43FN4O6. The lowest BCUT2D eigenvalue weighted by Crippen LogP contribution is -2.34. The summed E-state index contributed by atoms with van der Waals surface area (Å²) < 4.78 is 18.5. The quantitative estimate of drug-likeness (QED) is 0.0458. The van der Waals surface area contributed by atoms with Crippen LogP contribution in [0, 0.1) is 29.5 Å². The largest absolute Gasteiger partial charge is 0.393 e. The molecule has 1 aromatic carbocycles. The minimum absolute atomic E-state index is 0.0388. The lowest BCUT2D eigenvalue weighted by Gasteiger charge is -2.24. The maximum absolute atomic E-state index is 13.7. The second-order valence-corrected chi connectivity index (χ2v) is 10.3. The topological polar surface area (TPSA) is 194 Å². The van der Waals surface area contributed by atoms with Gasteiger partial charge < -0.3 is 37.3 Å². The molecule has 1 saturated carbocycles. The number of hydrogen-bond donors (Lipinski definition) is 6. The molecule has 6 atom stereocenters. The number of carbonyl (C=O) groups is 2. The number of nitrogens with two attached hydrogens (primary N) is 3. The molecule has 2 rings (SSSR count). The van der Waals surface area contributed by atoms with Crippen molar-refractivity contribution in [1.29, 1.82) is 0 Å². The third-order valence-electron chi connectivity index (χ3n) is 7.20. The van der Waals surface area contributed by atoms with Gasteiger partial charge in [-0.15, -0.1) is 0 Å². The van der Waals surface area contributed by atoms with E-state index in [1.54, 1.807) is 18.2 Å². The Hall–Kier alpha value is -3.04. The van der Waals surface area contributed by atoms with Gasteiger partial charge in [-0.3, -0.25) is 9.79 Å². The van der Waals surface area contributed by atoms with E-state index in [1.165, 1.54) is 6.07 Å². The van der Waals surface area contributed by atoms with Crippen LogP contribution >= 0.6 is 0 Å². The Kier molecular flexibility index (Phi) is 14.6. The Morgan fingerprint density at radius 2 is 1.70 bits per heavy atom. The van der Waals surface area contributed by atoms with Crippen molar-refractivity contribution in [3.63, 3.8) is 0 Å². The van der Waals surface area contributed by atoms with Crippen LogP contribution in [0.2, 0.25) is 0 Å². The third kappa shape index (κ3) is 12.0. The number of hydrogen-bond acceptors (Lipinski definition) is 8. The van der Waals surface area contributed by atoms with Gasteiger partial charge in [0.2, 0.25) is 0 Å². The Bertz CT molecular complexity index is 1040. The first kappa shape index (κ1) is 33.2. The zero-order valence-electron chi connectivity index (χ0n) is 22.9. The van der Waals surface area contributed by atoms with Gasteiger partial charge in [-0.05, 0) is 68.9 Å². The van der Waals surface area contributed by atoms with Gasteiger partial charge in [0, 0.05) is 13.0 Å². The summed E-state index contributed by atoms with van der Waals surface area (Å²) in [5.41, 5.74) is 16.4. The number of ether oxygens (including phenoxy) is 1. The summed E-state index contributed by atoms with van der Waals surface area (Å²) in [4.78, 5) is 27.7. The van der Waals surface area contributed by atoms with E-state index in [4.69, 9.17) is 21.9 Å². The van der Waals surface area contributed by atoms with Crippen LogP contribution in [-0.2, 0) is 14.3 Å². The molecule has 0 heterocycles.